The van der Waals surface area contributed by atoms with Gasteiger partial charge in [-0.2, -0.15) is 0 Å². The molecule has 0 saturated carbocycles. The molecule has 0 aliphatic carbocycles. The van der Waals surface area contributed by atoms with Gasteiger partial charge in [-0.05, 0) is 30.3 Å². The Kier molecular flexibility index (Phi) is 5.99. The van der Waals surface area contributed by atoms with E-state index in [1.807, 2.05) is 22.9 Å². The Bertz CT molecular complexity index is 1050. The van der Waals surface area contributed by atoms with E-state index in [9.17, 15) is 9.59 Å². The Morgan fingerprint density at radius 3 is 2.97 bits per heavy atom. The molecule has 1 aliphatic rings. The number of nitrogens with zero attached hydrogens (tertiary/aromatic N) is 3. The van der Waals surface area contributed by atoms with Gasteiger partial charge in [-0.25, -0.2) is 4.98 Å². The number of carbonyl (C=O) groups is 2. The van der Waals surface area contributed by atoms with Crippen molar-refractivity contribution in [3.8, 4) is 11.5 Å². The van der Waals surface area contributed by atoms with Gasteiger partial charge in [-0.1, -0.05) is 28.1 Å². The smallest absolute Gasteiger partial charge is 0.265 e. The molecule has 3 aromatic rings. The summed E-state index contributed by atoms with van der Waals surface area (Å²) in [6.07, 6.45) is 5.28. The number of para-hydroxylation sites is 2. The maximum absolute atomic E-state index is 12.7. The van der Waals surface area contributed by atoms with Crippen molar-refractivity contribution in [2.45, 2.75) is 6.54 Å². The van der Waals surface area contributed by atoms with Crippen LogP contribution in [0.25, 0.3) is 0 Å². The highest BCUT2D eigenvalue weighted by Gasteiger charge is 2.27. The van der Waals surface area contributed by atoms with Gasteiger partial charge in [-0.15, -0.1) is 0 Å². The number of hydrogen-bond donors (Lipinski definition) is 1. The molecule has 0 saturated heterocycles. The fourth-order valence-electron chi connectivity index (χ4n) is 3.06. The van der Waals surface area contributed by atoms with E-state index in [1.165, 1.54) is 4.90 Å². The van der Waals surface area contributed by atoms with Crippen LogP contribution in [0.3, 0.4) is 0 Å². The number of anilines is 2. The highest BCUT2D eigenvalue weighted by molar-refractivity contribution is 9.10. The number of benzene rings is 2. The highest BCUT2D eigenvalue weighted by Crippen LogP contribution is 2.34. The fourth-order valence-corrected chi connectivity index (χ4v) is 3.40. The quantitative estimate of drug-likeness (QED) is 0.573. The van der Waals surface area contributed by atoms with E-state index in [2.05, 4.69) is 26.2 Å². The molecule has 2 amide bonds. The zero-order chi connectivity index (χ0) is 20.9. The molecule has 2 aromatic carbocycles. The third kappa shape index (κ3) is 4.62. The molecule has 0 fully saturated rings. The van der Waals surface area contributed by atoms with Gasteiger partial charge in [-0.3, -0.25) is 14.5 Å². The predicted octanol–water partition coefficient (Wildman–Crippen LogP) is 3.09. The van der Waals surface area contributed by atoms with Crippen LogP contribution in [0.4, 0.5) is 11.4 Å². The van der Waals surface area contributed by atoms with E-state index < -0.39 is 0 Å². The van der Waals surface area contributed by atoms with Crippen molar-refractivity contribution in [2.24, 2.45) is 0 Å². The summed E-state index contributed by atoms with van der Waals surface area (Å²) in [6.45, 7) is 0.829. The highest BCUT2D eigenvalue weighted by atomic mass is 79.9. The maximum atomic E-state index is 12.7. The van der Waals surface area contributed by atoms with Crippen molar-refractivity contribution in [3.05, 3.63) is 65.7 Å². The van der Waals surface area contributed by atoms with E-state index in [0.29, 0.717) is 36.0 Å². The third-order valence-electron chi connectivity index (χ3n) is 4.49. The lowest BCUT2D eigenvalue weighted by molar-refractivity contribution is -0.123. The molecule has 154 valence electrons. The van der Waals surface area contributed by atoms with Crippen LogP contribution in [0.2, 0.25) is 0 Å². The molecular formula is C21H19BrN4O4. The summed E-state index contributed by atoms with van der Waals surface area (Å²) in [6, 6.07) is 12.5. The van der Waals surface area contributed by atoms with Gasteiger partial charge in [0, 0.05) is 16.9 Å². The van der Waals surface area contributed by atoms with Crippen LogP contribution in [-0.4, -0.2) is 41.1 Å². The summed E-state index contributed by atoms with van der Waals surface area (Å²) in [5, 5.41) is 2.84. The first-order chi connectivity index (χ1) is 14.6. The lowest BCUT2D eigenvalue weighted by Gasteiger charge is -2.29. The number of carbonyl (C=O) groups excluding carboxylic acids is 2. The summed E-state index contributed by atoms with van der Waals surface area (Å²) in [7, 11) is 0. The number of nitrogens with one attached hydrogen (secondary N) is 1. The van der Waals surface area contributed by atoms with Crippen molar-refractivity contribution in [2.75, 3.05) is 30.0 Å². The molecule has 1 N–H and O–H groups in total. The van der Waals surface area contributed by atoms with Crippen LogP contribution < -0.4 is 19.7 Å². The van der Waals surface area contributed by atoms with E-state index in [1.54, 1.807) is 42.9 Å². The Labute approximate surface area is 181 Å². The molecule has 8 nitrogen and oxygen atoms in total. The van der Waals surface area contributed by atoms with Crippen molar-refractivity contribution < 1.29 is 19.1 Å². The number of rotatable bonds is 7. The fraction of sp³-hybridized carbons (Fsp3) is 0.190. The van der Waals surface area contributed by atoms with Crippen LogP contribution in [-0.2, 0) is 16.1 Å². The summed E-state index contributed by atoms with van der Waals surface area (Å²) in [4.78, 5) is 30.4. The average Bonchev–Trinajstić information content (AvgIpc) is 3.25. The number of hydrogen-bond acceptors (Lipinski definition) is 5. The number of imidazole rings is 1. The normalized spacial score (nSPS) is 12.8. The molecule has 1 aromatic heterocycles. The number of ether oxygens (including phenoxy) is 2. The molecule has 0 unspecified atom stereocenters. The zero-order valence-corrected chi connectivity index (χ0v) is 17.5. The van der Waals surface area contributed by atoms with Gasteiger partial charge in [0.2, 0.25) is 5.91 Å². The molecule has 1 aliphatic heterocycles. The van der Waals surface area contributed by atoms with Gasteiger partial charge in [0.25, 0.3) is 5.91 Å². The first-order valence-electron chi connectivity index (χ1n) is 9.30. The second-order valence-corrected chi connectivity index (χ2v) is 7.49. The molecule has 0 atom stereocenters. The van der Waals surface area contributed by atoms with Gasteiger partial charge in [0.15, 0.2) is 6.61 Å². The second kappa shape index (κ2) is 9.00. The van der Waals surface area contributed by atoms with Crippen LogP contribution in [0.1, 0.15) is 0 Å². The molecule has 4 rings (SSSR count). The Morgan fingerprint density at radius 1 is 1.27 bits per heavy atom. The lowest BCUT2D eigenvalue weighted by atomic mass is 10.2. The number of aromatic nitrogens is 2. The third-order valence-corrected chi connectivity index (χ3v) is 4.99. The number of fused-ring (bicyclic) bond motifs is 1. The van der Waals surface area contributed by atoms with Crippen LogP contribution >= 0.6 is 15.9 Å². The topological polar surface area (TPSA) is 85.7 Å². The SMILES string of the molecule is O=C(CN1C(=O)COc2cc(Br)ccc21)Nc1ccccc1OCCn1ccnc1. The van der Waals surface area contributed by atoms with Gasteiger partial charge in [0.1, 0.15) is 24.7 Å². The van der Waals surface area contributed by atoms with Gasteiger partial charge in [0.05, 0.1) is 24.2 Å². The van der Waals surface area contributed by atoms with E-state index in [4.69, 9.17) is 9.47 Å². The van der Waals surface area contributed by atoms with E-state index in [0.717, 1.165) is 4.47 Å². The van der Waals surface area contributed by atoms with Crippen LogP contribution in [0, 0.1) is 0 Å². The largest absolute Gasteiger partial charge is 0.490 e. The molecule has 0 radical (unpaired) electrons. The maximum Gasteiger partial charge on any atom is 0.265 e. The van der Waals surface area contributed by atoms with Crippen molar-refractivity contribution in [1.82, 2.24) is 9.55 Å². The molecular weight excluding hydrogens is 452 g/mol. The standard InChI is InChI=1S/C21H19BrN4O4/c22-15-5-6-17-19(11-15)30-13-21(28)26(17)12-20(27)24-16-3-1-2-4-18(16)29-10-9-25-8-7-23-14-25/h1-8,11,14H,9-10,12-13H2,(H,24,27). The molecule has 30 heavy (non-hydrogen) atoms. The first-order valence-corrected chi connectivity index (χ1v) is 10.1. The monoisotopic (exact) mass is 470 g/mol. The molecule has 2 heterocycles. The lowest BCUT2D eigenvalue weighted by Crippen LogP contribution is -2.43. The van der Waals surface area contributed by atoms with Crippen LogP contribution in [0.15, 0.2) is 65.7 Å². The first kappa shape index (κ1) is 20.0. The summed E-state index contributed by atoms with van der Waals surface area (Å²) >= 11 is 3.38. The Balaban J connectivity index is 1.41. The summed E-state index contributed by atoms with van der Waals surface area (Å²) in [5.74, 6) is 0.512. The molecule has 0 spiro atoms. The van der Waals surface area contributed by atoms with Crippen molar-refractivity contribution in [3.63, 3.8) is 0 Å². The predicted molar refractivity (Wildman–Crippen MR) is 115 cm³/mol. The van der Waals surface area contributed by atoms with Crippen molar-refractivity contribution in [1.29, 1.82) is 0 Å². The average molecular weight is 471 g/mol. The minimum Gasteiger partial charge on any atom is -0.490 e. The number of amides is 2. The second-order valence-electron chi connectivity index (χ2n) is 6.57. The van der Waals surface area contributed by atoms with Crippen LogP contribution in [0.5, 0.6) is 11.5 Å². The van der Waals surface area contributed by atoms with E-state index >= 15 is 0 Å². The molecule has 9 heteroatoms. The zero-order valence-electron chi connectivity index (χ0n) is 16.0. The Morgan fingerprint density at radius 2 is 2.13 bits per heavy atom. The van der Waals surface area contributed by atoms with Crippen molar-refractivity contribution >= 4 is 39.1 Å². The van der Waals surface area contributed by atoms with E-state index in [-0.39, 0.29) is 25.0 Å². The number of halogens is 1. The minimum atomic E-state index is -0.329. The minimum absolute atomic E-state index is 0.106. The Hall–Kier alpha value is -3.33. The summed E-state index contributed by atoms with van der Waals surface area (Å²) < 4.78 is 14.0. The van der Waals surface area contributed by atoms with Gasteiger partial charge < -0.3 is 19.4 Å². The summed E-state index contributed by atoms with van der Waals surface area (Å²) in [5.41, 5.74) is 1.11. The van der Waals surface area contributed by atoms with Gasteiger partial charge >= 0.3 is 0 Å². The molecule has 0 bridgehead atoms.